The molecular weight excluding hydrogens is 320 g/mol. The maximum absolute atomic E-state index is 4.65. The number of nitrogens with zero attached hydrogens (tertiary/aromatic N) is 4. The summed E-state index contributed by atoms with van der Waals surface area (Å²) < 4.78 is 2.17. The van der Waals surface area contributed by atoms with Gasteiger partial charge in [0.25, 0.3) is 0 Å². The molecule has 24 heavy (non-hydrogen) atoms. The molecule has 0 aliphatic heterocycles. The van der Waals surface area contributed by atoms with Crippen LogP contribution in [0.1, 0.15) is 43.4 Å². The van der Waals surface area contributed by atoms with Crippen LogP contribution in [0.5, 0.6) is 0 Å². The lowest BCUT2D eigenvalue weighted by molar-refractivity contribution is 0.507. The molecule has 0 aliphatic carbocycles. The summed E-state index contributed by atoms with van der Waals surface area (Å²) in [5.41, 5.74) is 0. The van der Waals surface area contributed by atoms with Crippen LogP contribution in [0, 0.1) is 5.92 Å². The average Bonchev–Trinajstić information content (AvgIpc) is 3.18. The van der Waals surface area contributed by atoms with Crippen LogP contribution in [-0.2, 0) is 26.1 Å². The van der Waals surface area contributed by atoms with Gasteiger partial charge in [-0.1, -0.05) is 20.8 Å². The SMILES string of the molecule is CCNC(=NCc1nccn1CC(C)C)NCc1ncc(CC)s1. The lowest BCUT2D eigenvalue weighted by Gasteiger charge is -2.11. The molecule has 0 atom stereocenters. The highest BCUT2D eigenvalue weighted by molar-refractivity contribution is 7.11. The largest absolute Gasteiger partial charge is 0.357 e. The Balaban J connectivity index is 1.96. The number of guanidine groups is 1. The second kappa shape index (κ2) is 9.42. The quantitative estimate of drug-likeness (QED) is 0.569. The second-order valence-corrected chi connectivity index (χ2v) is 7.21. The van der Waals surface area contributed by atoms with Crippen LogP contribution in [0.4, 0.5) is 0 Å². The summed E-state index contributed by atoms with van der Waals surface area (Å²) in [5.74, 6) is 2.37. The first-order valence-electron chi connectivity index (χ1n) is 8.58. The first-order chi connectivity index (χ1) is 11.6. The molecule has 2 N–H and O–H groups in total. The monoisotopic (exact) mass is 348 g/mol. The number of aliphatic imine (C=N–C) groups is 1. The van der Waals surface area contributed by atoms with Gasteiger partial charge in [0, 0.05) is 36.6 Å². The molecule has 0 radical (unpaired) electrons. The van der Waals surface area contributed by atoms with Gasteiger partial charge in [-0.05, 0) is 19.3 Å². The summed E-state index contributed by atoms with van der Waals surface area (Å²) in [4.78, 5) is 14.8. The fraction of sp³-hybridized carbons (Fsp3) is 0.588. The van der Waals surface area contributed by atoms with Crippen molar-refractivity contribution in [2.45, 2.75) is 53.8 Å². The van der Waals surface area contributed by atoms with Crippen molar-refractivity contribution in [1.82, 2.24) is 25.2 Å². The van der Waals surface area contributed by atoms with Gasteiger partial charge in [-0.15, -0.1) is 11.3 Å². The predicted molar refractivity (Wildman–Crippen MR) is 100 cm³/mol. The molecule has 0 spiro atoms. The number of hydrogen-bond acceptors (Lipinski definition) is 4. The number of imidazole rings is 1. The minimum Gasteiger partial charge on any atom is -0.357 e. The zero-order valence-corrected chi connectivity index (χ0v) is 15.9. The van der Waals surface area contributed by atoms with Gasteiger partial charge in [-0.2, -0.15) is 0 Å². The molecular formula is C17H28N6S. The molecule has 0 bridgehead atoms. The van der Waals surface area contributed by atoms with Crippen molar-refractivity contribution in [1.29, 1.82) is 0 Å². The third-order valence-electron chi connectivity index (χ3n) is 3.44. The number of thiazole rings is 1. The lowest BCUT2D eigenvalue weighted by Crippen LogP contribution is -2.36. The molecule has 0 aliphatic rings. The Kier molecular flexibility index (Phi) is 7.24. The maximum Gasteiger partial charge on any atom is 0.192 e. The Morgan fingerprint density at radius 3 is 2.79 bits per heavy atom. The third-order valence-corrected chi connectivity index (χ3v) is 4.58. The molecule has 7 heteroatoms. The highest BCUT2D eigenvalue weighted by Gasteiger charge is 2.06. The van der Waals surface area contributed by atoms with Crippen LogP contribution in [0.15, 0.2) is 23.6 Å². The number of rotatable bonds is 8. The van der Waals surface area contributed by atoms with E-state index < -0.39 is 0 Å². The Labute approximate surface area is 148 Å². The summed E-state index contributed by atoms with van der Waals surface area (Å²) in [6, 6.07) is 0. The van der Waals surface area contributed by atoms with Crippen LogP contribution < -0.4 is 10.6 Å². The van der Waals surface area contributed by atoms with Crippen molar-refractivity contribution in [3.63, 3.8) is 0 Å². The molecule has 2 aromatic heterocycles. The molecule has 0 fully saturated rings. The third kappa shape index (κ3) is 5.63. The van der Waals surface area contributed by atoms with Crippen molar-refractivity contribution in [2.24, 2.45) is 10.9 Å². The first-order valence-corrected chi connectivity index (χ1v) is 9.39. The van der Waals surface area contributed by atoms with E-state index in [1.165, 1.54) is 4.88 Å². The molecule has 2 rings (SSSR count). The van der Waals surface area contributed by atoms with Gasteiger partial charge in [-0.25, -0.2) is 15.0 Å². The predicted octanol–water partition coefficient (Wildman–Crippen LogP) is 2.81. The Hall–Kier alpha value is -1.89. The van der Waals surface area contributed by atoms with Gasteiger partial charge in [0.1, 0.15) is 17.4 Å². The van der Waals surface area contributed by atoms with E-state index in [9.17, 15) is 0 Å². The Morgan fingerprint density at radius 1 is 1.29 bits per heavy atom. The fourth-order valence-corrected chi connectivity index (χ4v) is 3.10. The van der Waals surface area contributed by atoms with Gasteiger partial charge < -0.3 is 15.2 Å². The van der Waals surface area contributed by atoms with Crippen LogP contribution in [0.2, 0.25) is 0 Å². The van der Waals surface area contributed by atoms with E-state index in [0.717, 1.165) is 36.3 Å². The zero-order valence-electron chi connectivity index (χ0n) is 15.0. The summed E-state index contributed by atoms with van der Waals surface area (Å²) in [6.07, 6.45) is 6.85. The van der Waals surface area contributed by atoms with Gasteiger partial charge in [0.15, 0.2) is 5.96 Å². The highest BCUT2D eigenvalue weighted by Crippen LogP contribution is 2.12. The summed E-state index contributed by atoms with van der Waals surface area (Å²) in [5, 5.41) is 7.70. The lowest BCUT2D eigenvalue weighted by atomic mass is 10.2. The summed E-state index contributed by atoms with van der Waals surface area (Å²) >= 11 is 1.75. The molecule has 2 heterocycles. The van der Waals surface area contributed by atoms with Crippen LogP contribution in [-0.4, -0.2) is 27.0 Å². The first kappa shape index (κ1) is 18.4. The number of nitrogens with one attached hydrogen (secondary N) is 2. The molecule has 0 amide bonds. The van der Waals surface area contributed by atoms with Crippen LogP contribution in [0.25, 0.3) is 0 Å². The van der Waals surface area contributed by atoms with Crippen LogP contribution >= 0.6 is 11.3 Å². The number of hydrogen-bond donors (Lipinski definition) is 2. The molecule has 132 valence electrons. The van der Waals surface area contributed by atoms with E-state index in [-0.39, 0.29) is 0 Å². The topological polar surface area (TPSA) is 67.1 Å². The minimum atomic E-state index is 0.563. The highest BCUT2D eigenvalue weighted by atomic mass is 32.1. The molecule has 0 saturated carbocycles. The molecule has 0 unspecified atom stereocenters. The van der Waals surface area contributed by atoms with Gasteiger partial charge >= 0.3 is 0 Å². The van der Waals surface area contributed by atoms with Gasteiger partial charge in [0.2, 0.25) is 0 Å². The molecule has 6 nitrogen and oxygen atoms in total. The van der Waals surface area contributed by atoms with Gasteiger partial charge in [-0.3, -0.25) is 0 Å². The fourth-order valence-electron chi connectivity index (χ4n) is 2.30. The van der Waals surface area contributed by atoms with Crippen molar-refractivity contribution >= 4 is 17.3 Å². The van der Waals surface area contributed by atoms with E-state index in [1.54, 1.807) is 11.3 Å². The normalized spacial score (nSPS) is 12.0. The summed E-state index contributed by atoms with van der Waals surface area (Å²) in [7, 11) is 0. The number of aryl methyl sites for hydroxylation is 1. The second-order valence-electron chi connectivity index (χ2n) is 6.01. The smallest absolute Gasteiger partial charge is 0.192 e. The zero-order chi connectivity index (χ0) is 17.4. The van der Waals surface area contributed by atoms with E-state index in [0.29, 0.717) is 19.0 Å². The van der Waals surface area contributed by atoms with E-state index in [4.69, 9.17) is 0 Å². The number of aromatic nitrogens is 3. The van der Waals surface area contributed by atoms with Crippen molar-refractivity contribution in [2.75, 3.05) is 6.54 Å². The van der Waals surface area contributed by atoms with E-state index >= 15 is 0 Å². The molecule has 0 aromatic carbocycles. The van der Waals surface area contributed by atoms with E-state index in [2.05, 4.69) is 57.9 Å². The van der Waals surface area contributed by atoms with Crippen molar-refractivity contribution < 1.29 is 0 Å². The van der Waals surface area contributed by atoms with Crippen molar-refractivity contribution in [3.8, 4) is 0 Å². The van der Waals surface area contributed by atoms with E-state index in [1.807, 2.05) is 18.6 Å². The summed E-state index contributed by atoms with van der Waals surface area (Å²) in [6.45, 7) is 11.7. The van der Waals surface area contributed by atoms with Gasteiger partial charge in [0.05, 0.1) is 6.54 Å². The molecule has 2 aromatic rings. The standard InChI is InChI=1S/C17H28N6S/c1-5-14-9-20-16(24-14)11-22-17(18-6-2)21-10-15-19-7-8-23(15)12-13(3)4/h7-9,13H,5-6,10-12H2,1-4H3,(H2,18,21,22). The Bertz CT molecular complexity index is 643. The average molecular weight is 349 g/mol. The minimum absolute atomic E-state index is 0.563. The Morgan fingerprint density at radius 2 is 2.12 bits per heavy atom. The van der Waals surface area contributed by atoms with Crippen LogP contribution in [0.3, 0.4) is 0 Å². The maximum atomic E-state index is 4.65. The molecule has 0 saturated heterocycles. The van der Waals surface area contributed by atoms with Crippen molar-refractivity contribution in [3.05, 3.63) is 34.3 Å².